The van der Waals surface area contributed by atoms with Gasteiger partial charge in [0.1, 0.15) is 0 Å². The average molecular weight is 316 g/mol. The molecule has 1 atom stereocenters. The van der Waals surface area contributed by atoms with Gasteiger partial charge in [0, 0.05) is 10.0 Å². The van der Waals surface area contributed by atoms with Gasteiger partial charge in [0.2, 0.25) is 5.90 Å². The van der Waals surface area contributed by atoms with Crippen LogP contribution in [0.5, 0.6) is 0 Å². The molecule has 4 heteroatoms. The molecule has 0 fully saturated rings. The summed E-state index contributed by atoms with van der Waals surface area (Å²) in [5.41, 5.74) is 1.65. The van der Waals surface area contributed by atoms with Crippen LogP contribution in [0.2, 0.25) is 0 Å². The molecule has 94 valence electrons. The quantitative estimate of drug-likeness (QED) is 0.796. The first-order chi connectivity index (χ1) is 9.24. The average Bonchev–Trinajstić information content (AvgIpc) is 2.83. The van der Waals surface area contributed by atoms with Crippen molar-refractivity contribution in [1.82, 2.24) is 0 Å². The van der Waals surface area contributed by atoms with E-state index in [1.807, 2.05) is 54.6 Å². The molecular weight excluding hydrogens is 306 g/mol. The van der Waals surface area contributed by atoms with Gasteiger partial charge in [-0.1, -0.05) is 46.3 Å². The van der Waals surface area contributed by atoms with Crippen molar-refractivity contribution < 1.29 is 9.53 Å². The summed E-state index contributed by atoms with van der Waals surface area (Å²) in [6.07, 6.45) is 0. The van der Waals surface area contributed by atoms with E-state index < -0.39 is 6.04 Å². The predicted molar refractivity (Wildman–Crippen MR) is 76.0 cm³/mol. The molecule has 3 rings (SSSR count). The van der Waals surface area contributed by atoms with Crippen LogP contribution in [0, 0.1) is 0 Å². The van der Waals surface area contributed by atoms with Crippen molar-refractivity contribution >= 4 is 27.8 Å². The number of cyclic esters (lactones) is 1. The number of nitrogens with zero attached hydrogens (tertiary/aromatic N) is 1. The molecule has 2 aromatic rings. The van der Waals surface area contributed by atoms with Crippen molar-refractivity contribution in [2.24, 2.45) is 4.99 Å². The number of ether oxygens (including phenoxy) is 1. The van der Waals surface area contributed by atoms with Gasteiger partial charge in [-0.2, -0.15) is 0 Å². The van der Waals surface area contributed by atoms with Crippen molar-refractivity contribution in [3.05, 3.63) is 70.2 Å². The lowest BCUT2D eigenvalue weighted by Crippen LogP contribution is -2.08. The van der Waals surface area contributed by atoms with Crippen LogP contribution in [-0.4, -0.2) is 11.9 Å². The van der Waals surface area contributed by atoms with E-state index in [2.05, 4.69) is 20.9 Å². The van der Waals surface area contributed by atoms with Gasteiger partial charge in [-0.15, -0.1) is 0 Å². The number of carbonyl (C=O) groups is 1. The smallest absolute Gasteiger partial charge is 0.342 e. The highest BCUT2D eigenvalue weighted by molar-refractivity contribution is 9.10. The molecule has 0 aromatic heterocycles. The number of hydrogen-bond donors (Lipinski definition) is 0. The summed E-state index contributed by atoms with van der Waals surface area (Å²) >= 11 is 3.37. The Morgan fingerprint density at radius 2 is 1.68 bits per heavy atom. The Balaban J connectivity index is 1.93. The van der Waals surface area contributed by atoms with Crippen LogP contribution < -0.4 is 0 Å². The van der Waals surface area contributed by atoms with Crippen LogP contribution in [0.4, 0.5) is 0 Å². The highest BCUT2D eigenvalue weighted by atomic mass is 79.9. The van der Waals surface area contributed by atoms with Crippen molar-refractivity contribution in [2.45, 2.75) is 6.04 Å². The second-order valence-corrected chi connectivity index (χ2v) is 5.09. The molecule has 0 saturated carbocycles. The first-order valence-corrected chi connectivity index (χ1v) is 6.64. The van der Waals surface area contributed by atoms with Crippen LogP contribution in [0.15, 0.2) is 64.1 Å². The molecule has 0 amide bonds. The number of halogens is 1. The minimum Gasteiger partial charge on any atom is -0.405 e. The molecular formula is C15H10BrNO2. The Labute approximate surface area is 119 Å². The van der Waals surface area contributed by atoms with E-state index in [-0.39, 0.29) is 5.97 Å². The van der Waals surface area contributed by atoms with Crippen LogP contribution in [0.25, 0.3) is 0 Å². The highest BCUT2D eigenvalue weighted by Crippen LogP contribution is 2.26. The van der Waals surface area contributed by atoms with Gasteiger partial charge in [-0.05, 0) is 29.8 Å². The summed E-state index contributed by atoms with van der Waals surface area (Å²) in [5, 5.41) is 0. The normalized spacial score (nSPS) is 18.1. The maximum absolute atomic E-state index is 11.9. The summed E-state index contributed by atoms with van der Waals surface area (Å²) in [4.78, 5) is 16.2. The SMILES string of the molecule is O=C1OC(c2ccc(Br)cc2)=NC1c1ccccc1. The third-order valence-corrected chi connectivity index (χ3v) is 3.40. The molecule has 0 radical (unpaired) electrons. The first-order valence-electron chi connectivity index (χ1n) is 5.84. The van der Waals surface area contributed by atoms with Crippen molar-refractivity contribution in [2.75, 3.05) is 0 Å². The Bertz CT molecular complexity index is 635. The number of carbonyl (C=O) groups excluding carboxylic acids is 1. The molecule has 0 spiro atoms. The molecule has 1 heterocycles. The monoisotopic (exact) mass is 315 g/mol. The van der Waals surface area contributed by atoms with Gasteiger partial charge in [0.25, 0.3) is 0 Å². The van der Waals surface area contributed by atoms with Gasteiger partial charge in [0.05, 0.1) is 0 Å². The Hall–Kier alpha value is -1.94. The maximum Gasteiger partial charge on any atom is 0.342 e. The van der Waals surface area contributed by atoms with E-state index in [1.165, 1.54) is 0 Å². The molecule has 2 aromatic carbocycles. The largest absolute Gasteiger partial charge is 0.405 e. The van der Waals surface area contributed by atoms with Crippen molar-refractivity contribution in [3.63, 3.8) is 0 Å². The molecule has 0 N–H and O–H groups in total. The first kappa shape index (κ1) is 12.1. The summed E-state index contributed by atoms with van der Waals surface area (Å²) in [7, 11) is 0. The van der Waals surface area contributed by atoms with Crippen molar-refractivity contribution in [3.8, 4) is 0 Å². The molecule has 1 aliphatic rings. The fraction of sp³-hybridized carbons (Fsp3) is 0.0667. The zero-order chi connectivity index (χ0) is 13.2. The van der Waals surface area contributed by atoms with Crippen LogP contribution in [0.3, 0.4) is 0 Å². The molecule has 1 unspecified atom stereocenters. The van der Waals surface area contributed by atoms with Gasteiger partial charge >= 0.3 is 5.97 Å². The summed E-state index contributed by atoms with van der Waals surface area (Å²) < 4.78 is 6.22. The van der Waals surface area contributed by atoms with E-state index >= 15 is 0 Å². The number of benzene rings is 2. The number of hydrogen-bond acceptors (Lipinski definition) is 3. The van der Waals surface area contributed by atoms with E-state index in [1.54, 1.807) is 0 Å². The zero-order valence-electron chi connectivity index (χ0n) is 9.92. The second kappa shape index (κ2) is 4.97. The third kappa shape index (κ3) is 2.44. The lowest BCUT2D eigenvalue weighted by Gasteiger charge is -2.01. The third-order valence-electron chi connectivity index (χ3n) is 2.87. The van der Waals surface area contributed by atoms with Crippen LogP contribution in [-0.2, 0) is 9.53 Å². The van der Waals surface area contributed by atoms with E-state index in [0.717, 1.165) is 15.6 Å². The number of aliphatic imine (C=N–C) groups is 1. The number of esters is 1. The molecule has 1 aliphatic heterocycles. The van der Waals surface area contributed by atoms with E-state index in [0.29, 0.717) is 5.90 Å². The summed E-state index contributed by atoms with van der Waals surface area (Å²) in [5.74, 6) is 0.0514. The molecule has 0 aliphatic carbocycles. The topological polar surface area (TPSA) is 38.7 Å². The zero-order valence-corrected chi connectivity index (χ0v) is 11.5. The molecule has 0 saturated heterocycles. The number of rotatable bonds is 2. The fourth-order valence-electron chi connectivity index (χ4n) is 1.92. The fourth-order valence-corrected chi connectivity index (χ4v) is 2.18. The van der Waals surface area contributed by atoms with Gasteiger partial charge < -0.3 is 4.74 Å². The van der Waals surface area contributed by atoms with E-state index in [4.69, 9.17) is 4.74 Å². The van der Waals surface area contributed by atoms with E-state index in [9.17, 15) is 4.79 Å². The maximum atomic E-state index is 11.9. The lowest BCUT2D eigenvalue weighted by molar-refractivity contribution is -0.135. The van der Waals surface area contributed by atoms with Gasteiger partial charge in [-0.25, -0.2) is 9.79 Å². The highest BCUT2D eigenvalue weighted by Gasteiger charge is 2.30. The minimum atomic E-state index is -0.556. The van der Waals surface area contributed by atoms with Gasteiger partial charge in [0.15, 0.2) is 6.04 Å². The van der Waals surface area contributed by atoms with Gasteiger partial charge in [-0.3, -0.25) is 0 Å². The van der Waals surface area contributed by atoms with Crippen LogP contribution in [0.1, 0.15) is 17.2 Å². The lowest BCUT2D eigenvalue weighted by atomic mass is 10.1. The Morgan fingerprint density at radius 3 is 2.37 bits per heavy atom. The molecule has 3 nitrogen and oxygen atoms in total. The Morgan fingerprint density at radius 1 is 1.00 bits per heavy atom. The standard InChI is InChI=1S/C15H10BrNO2/c16-12-8-6-11(7-9-12)14-17-13(15(18)19-14)10-4-2-1-3-5-10/h1-9,13H. The van der Waals surface area contributed by atoms with Crippen LogP contribution >= 0.6 is 15.9 Å². The molecule has 19 heavy (non-hydrogen) atoms. The summed E-state index contributed by atoms with van der Waals surface area (Å²) in [6, 6.07) is 16.4. The van der Waals surface area contributed by atoms with Crippen molar-refractivity contribution in [1.29, 1.82) is 0 Å². The predicted octanol–water partition coefficient (Wildman–Crippen LogP) is 3.49. The minimum absolute atomic E-state index is 0.330. The second-order valence-electron chi connectivity index (χ2n) is 4.18. The molecule has 0 bridgehead atoms. The summed E-state index contributed by atoms with van der Waals surface area (Å²) in [6.45, 7) is 0. The Kier molecular flexibility index (Phi) is 3.17.